The molecule has 0 aromatic carbocycles. The van der Waals surface area contributed by atoms with Crippen molar-refractivity contribution in [1.82, 2.24) is 5.32 Å². The minimum atomic E-state index is -1.30. The van der Waals surface area contributed by atoms with Crippen LogP contribution in [0, 0.1) is 5.41 Å². The Morgan fingerprint density at radius 3 is 1.94 bits per heavy atom. The Morgan fingerprint density at radius 2 is 1.65 bits per heavy atom. The van der Waals surface area contributed by atoms with Crippen LogP contribution in [0.1, 0.15) is 48.0 Å². The zero-order valence-corrected chi connectivity index (χ0v) is 11.4. The maximum Gasteiger partial charge on any atom is 0.408 e. The van der Waals surface area contributed by atoms with Gasteiger partial charge in [0.05, 0.1) is 12.0 Å². The molecule has 0 saturated carbocycles. The molecular formula is C12H22NO4-. The van der Waals surface area contributed by atoms with E-state index in [1.165, 1.54) is 0 Å². The monoisotopic (exact) mass is 244 g/mol. The van der Waals surface area contributed by atoms with Crippen LogP contribution >= 0.6 is 0 Å². The largest absolute Gasteiger partial charge is 0.548 e. The molecule has 5 heteroatoms. The molecule has 100 valence electrons. The van der Waals surface area contributed by atoms with Crippen LogP contribution in [0.25, 0.3) is 0 Å². The Morgan fingerprint density at radius 1 is 1.18 bits per heavy atom. The maximum absolute atomic E-state index is 11.4. The number of nitrogens with one attached hydrogen (secondary N) is 1. The second kappa shape index (κ2) is 5.38. The number of carbonyl (C=O) groups is 2. The smallest absolute Gasteiger partial charge is 0.408 e. The van der Waals surface area contributed by atoms with Gasteiger partial charge in [-0.1, -0.05) is 20.8 Å². The number of rotatable bonds is 3. The highest BCUT2D eigenvalue weighted by Crippen LogP contribution is 2.20. The van der Waals surface area contributed by atoms with Gasteiger partial charge in [0.15, 0.2) is 0 Å². The number of carboxylic acid groups (broad SMARTS) is 1. The molecule has 0 saturated heterocycles. The summed E-state index contributed by atoms with van der Waals surface area (Å²) in [4.78, 5) is 22.3. The van der Waals surface area contributed by atoms with E-state index in [2.05, 4.69) is 5.32 Å². The first-order chi connectivity index (χ1) is 7.41. The van der Waals surface area contributed by atoms with Crippen LogP contribution in [0.2, 0.25) is 0 Å². The molecule has 1 atom stereocenters. The summed E-state index contributed by atoms with van der Waals surface area (Å²) in [5.41, 5.74) is -0.873. The standard InChI is InChI=1S/C12H23NO4/c1-11(2,3)7-8(9(14)15)13-10(16)17-12(4,5)6/h8H,7H2,1-6H3,(H,13,16)(H,14,15)/p-1/t8-/m0/s1. The van der Waals surface area contributed by atoms with Gasteiger partial charge in [-0.15, -0.1) is 0 Å². The predicted molar refractivity (Wildman–Crippen MR) is 62.2 cm³/mol. The average Bonchev–Trinajstić information content (AvgIpc) is 1.95. The molecule has 0 rings (SSSR count). The van der Waals surface area contributed by atoms with Crippen molar-refractivity contribution in [3.8, 4) is 0 Å². The fourth-order valence-electron chi connectivity index (χ4n) is 1.26. The van der Waals surface area contributed by atoms with Gasteiger partial charge in [0, 0.05) is 0 Å². The van der Waals surface area contributed by atoms with E-state index in [9.17, 15) is 14.7 Å². The third-order valence-electron chi connectivity index (χ3n) is 1.79. The third-order valence-corrected chi connectivity index (χ3v) is 1.79. The lowest BCUT2D eigenvalue weighted by Crippen LogP contribution is -2.50. The summed E-state index contributed by atoms with van der Waals surface area (Å²) < 4.78 is 4.99. The Labute approximate surface area is 103 Å². The fraction of sp³-hybridized carbons (Fsp3) is 0.833. The Hall–Kier alpha value is -1.26. The summed E-state index contributed by atoms with van der Waals surface area (Å²) in [6.07, 6.45) is -0.454. The first-order valence-electron chi connectivity index (χ1n) is 5.61. The van der Waals surface area contributed by atoms with Crippen LogP contribution in [-0.4, -0.2) is 23.7 Å². The highest BCUT2D eigenvalue weighted by molar-refractivity contribution is 5.78. The van der Waals surface area contributed by atoms with Crippen molar-refractivity contribution in [2.45, 2.75) is 59.6 Å². The van der Waals surface area contributed by atoms with Crippen LogP contribution in [0.5, 0.6) is 0 Å². The summed E-state index contributed by atoms with van der Waals surface area (Å²) in [5, 5.41) is 13.2. The quantitative estimate of drug-likeness (QED) is 0.805. The van der Waals surface area contributed by atoms with Crippen molar-refractivity contribution in [3.63, 3.8) is 0 Å². The van der Waals surface area contributed by atoms with Gasteiger partial charge in [0.2, 0.25) is 0 Å². The lowest BCUT2D eigenvalue weighted by atomic mass is 9.88. The lowest BCUT2D eigenvalue weighted by Gasteiger charge is -2.28. The molecular weight excluding hydrogens is 222 g/mol. The number of hydrogen-bond donors (Lipinski definition) is 1. The summed E-state index contributed by atoms with van der Waals surface area (Å²) in [6, 6.07) is -1.04. The predicted octanol–water partition coefficient (Wildman–Crippen LogP) is 1.07. The minimum absolute atomic E-state index is 0.222. The Bertz CT molecular complexity index is 286. The van der Waals surface area contributed by atoms with E-state index in [-0.39, 0.29) is 11.8 Å². The molecule has 0 aliphatic rings. The second-order valence-electron chi connectivity index (χ2n) is 6.28. The minimum Gasteiger partial charge on any atom is -0.548 e. The molecule has 0 bridgehead atoms. The first-order valence-corrected chi connectivity index (χ1v) is 5.61. The van der Waals surface area contributed by atoms with Crippen molar-refractivity contribution in [2.24, 2.45) is 5.41 Å². The number of carboxylic acids is 1. The molecule has 5 nitrogen and oxygen atoms in total. The number of aliphatic carboxylic acids is 1. The maximum atomic E-state index is 11.4. The van der Waals surface area contributed by atoms with E-state index >= 15 is 0 Å². The zero-order valence-electron chi connectivity index (χ0n) is 11.4. The van der Waals surface area contributed by atoms with Crippen LogP contribution in [0.4, 0.5) is 4.79 Å². The molecule has 0 aromatic heterocycles. The number of carbonyl (C=O) groups excluding carboxylic acids is 2. The van der Waals surface area contributed by atoms with E-state index in [0.29, 0.717) is 0 Å². The van der Waals surface area contributed by atoms with E-state index < -0.39 is 23.7 Å². The molecule has 0 aromatic rings. The first kappa shape index (κ1) is 15.7. The van der Waals surface area contributed by atoms with E-state index in [1.54, 1.807) is 20.8 Å². The molecule has 17 heavy (non-hydrogen) atoms. The molecule has 1 amide bonds. The molecule has 0 aliphatic carbocycles. The molecule has 0 fully saturated rings. The highest BCUT2D eigenvalue weighted by Gasteiger charge is 2.24. The topological polar surface area (TPSA) is 78.5 Å². The number of amides is 1. The van der Waals surface area contributed by atoms with Crippen molar-refractivity contribution >= 4 is 12.1 Å². The average molecular weight is 244 g/mol. The second-order valence-corrected chi connectivity index (χ2v) is 6.28. The molecule has 0 unspecified atom stereocenters. The van der Waals surface area contributed by atoms with E-state index in [1.807, 2.05) is 20.8 Å². The molecule has 0 spiro atoms. The summed E-state index contributed by atoms with van der Waals surface area (Å²) in [6.45, 7) is 10.8. The van der Waals surface area contributed by atoms with Gasteiger partial charge in [0.25, 0.3) is 0 Å². The van der Waals surface area contributed by atoms with Crippen LogP contribution in [0.3, 0.4) is 0 Å². The zero-order chi connectivity index (χ0) is 13.9. The van der Waals surface area contributed by atoms with Crippen LogP contribution in [0.15, 0.2) is 0 Å². The lowest BCUT2D eigenvalue weighted by molar-refractivity contribution is -0.309. The van der Waals surface area contributed by atoms with Gasteiger partial charge in [0.1, 0.15) is 5.60 Å². The third kappa shape index (κ3) is 8.54. The number of alkyl carbamates (subject to hydrolysis) is 1. The van der Waals surface area contributed by atoms with Gasteiger partial charge in [-0.2, -0.15) is 0 Å². The number of hydrogen-bond acceptors (Lipinski definition) is 4. The molecule has 0 radical (unpaired) electrons. The van der Waals surface area contributed by atoms with Crippen molar-refractivity contribution in [2.75, 3.05) is 0 Å². The summed E-state index contributed by atoms with van der Waals surface area (Å²) >= 11 is 0. The summed E-state index contributed by atoms with van der Waals surface area (Å²) in [7, 11) is 0. The number of ether oxygens (including phenoxy) is 1. The molecule has 0 aliphatic heterocycles. The van der Waals surface area contributed by atoms with Gasteiger partial charge in [-0.3, -0.25) is 0 Å². The molecule has 1 N–H and O–H groups in total. The van der Waals surface area contributed by atoms with Crippen molar-refractivity contribution < 1.29 is 19.4 Å². The SMILES string of the molecule is CC(C)(C)C[C@H](NC(=O)OC(C)(C)C)C(=O)[O-]. The van der Waals surface area contributed by atoms with E-state index in [0.717, 1.165) is 0 Å². The van der Waals surface area contributed by atoms with Gasteiger partial charge in [-0.05, 0) is 32.6 Å². The molecule has 0 heterocycles. The van der Waals surface area contributed by atoms with Gasteiger partial charge in [-0.25, -0.2) is 4.79 Å². The van der Waals surface area contributed by atoms with Crippen LogP contribution < -0.4 is 10.4 Å². The van der Waals surface area contributed by atoms with Crippen molar-refractivity contribution in [1.29, 1.82) is 0 Å². The normalized spacial score (nSPS) is 14.0. The van der Waals surface area contributed by atoms with Gasteiger partial charge >= 0.3 is 6.09 Å². The highest BCUT2D eigenvalue weighted by atomic mass is 16.6. The van der Waals surface area contributed by atoms with E-state index in [4.69, 9.17) is 4.74 Å². The fourth-order valence-corrected chi connectivity index (χ4v) is 1.26. The summed E-state index contributed by atoms with van der Waals surface area (Å²) in [5.74, 6) is -1.30. The van der Waals surface area contributed by atoms with Gasteiger partial charge < -0.3 is 20.0 Å². The van der Waals surface area contributed by atoms with Crippen molar-refractivity contribution in [3.05, 3.63) is 0 Å². The Kier molecular flexibility index (Phi) is 4.98. The van der Waals surface area contributed by atoms with Crippen LogP contribution in [-0.2, 0) is 9.53 Å². The Balaban J connectivity index is 4.47.